The smallest absolute Gasteiger partial charge is 0.161 e. The zero-order valence-corrected chi connectivity index (χ0v) is 11.4. The molecule has 0 fully saturated rings. The molecular formula is C15H15N3O2. The predicted octanol–water partition coefficient (Wildman–Crippen LogP) is 2.50. The number of benzene rings is 1. The fraction of sp³-hybridized carbons (Fsp3) is 0.200. The number of hydrogen-bond donors (Lipinski definition) is 0. The molecule has 3 aromatic rings. The molecule has 2 heterocycles. The number of fused-ring (bicyclic) bond motifs is 1. The van der Waals surface area contributed by atoms with E-state index >= 15 is 0 Å². The van der Waals surface area contributed by atoms with Crippen LogP contribution in [0, 0.1) is 0 Å². The molecule has 20 heavy (non-hydrogen) atoms. The second-order valence-corrected chi connectivity index (χ2v) is 4.43. The van der Waals surface area contributed by atoms with Crippen LogP contribution in [0.2, 0.25) is 0 Å². The highest BCUT2D eigenvalue weighted by molar-refractivity contribution is 5.73. The molecule has 5 nitrogen and oxygen atoms in total. The van der Waals surface area contributed by atoms with Gasteiger partial charge in [-0.2, -0.15) is 0 Å². The van der Waals surface area contributed by atoms with Crippen LogP contribution in [-0.4, -0.2) is 28.8 Å². The molecule has 0 aliphatic rings. The van der Waals surface area contributed by atoms with E-state index in [0.29, 0.717) is 6.54 Å². The monoisotopic (exact) mass is 269 g/mol. The molecule has 0 radical (unpaired) electrons. The lowest BCUT2D eigenvalue weighted by Crippen LogP contribution is -1.99. The minimum atomic E-state index is 0.711. The Morgan fingerprint density at radius 3 is 2.75 bits per heavy atom. The van der Waals surface area contributed by atoms with E-state index in [1.165, 1.54) is 0 Å². The highest BCUT2D eigenvalue weighted by Gasteiger charge is 2.07. The number of imidazole rings is 1. The van der Waals surface area contributed by atoms with Gasteiger partial charge in [-0.3, -0.25) is 4.98 Å². The van der Waals surface area contributed by atoms with E-state index in [0.717, 1.165) is 28.1 Å². The van der Waals surface area contributed by atoms with Crippen LogP contribution in [0.5, 0.6) is 11.5 Å². The molecule has 0 bridgehead atoms. The van der Waals surface area contributed by atoms with E-state index in [4.69, 9.17) is 9.47 Å². The fourth-order valence-electron chi connectivity index (χ4n) is 2.21. The van der Waals surface area contributed by atoms with Crippen LogP contribution in [0.4, 0.5) is 0 Å². The third-order valence-electron chi connectivity index (χ3n) is 3.22. The molecule has 1 aromatic carbocycles. The van der Waals surface area contributed by atoms with Gasteiger partial charge in [0.05, 0.1) is 37.8 Å². The molecule has 0 saturated heterocycles. The Kier molecular flexibility index (Phi) is 3.25. The molecule has 2 aromatic heterocycles. The van der Waals surface area contributed by atoms with Crippen molar-refractivity contribution in [2.75, 3.05) is 14.2 Å². The first kappa shape index (κ1) is 12.5. The molecule has 0 saturated carbocycles. The van der Waals surface area contributed by atoms with Crippen molar-refractivity contribution in [2.45, 2.75) is 6.54 Å². The van der Waals surface area contributed by atoms with Crippen LogP contribution in [0.15, 0.2) is 43.0 Å². The highest BCUT2D eigenvalue weighted by Crippen LogP contribution is 2.28. The summed E-state index contributed by atoms with van der Waals surface area (Å²) < 4.78 is 12.6. The molecule has 0 aliphatic carbocycles. The average molecular weight is 269 g/mol. The summed E-state index contributed by atoms with van der Waals surface area (Å²) in [7, 11) is 3.27. The second-order valence-electron chi connectivity index (χ2n) is 4.43. The molecule has 0 unspecified atom stereocenters. The van der Waals surface area contributed by atoms with Crippen LogP contribution in [0.25, 0.3) is 11.0 Å². The van der Waals surface area contributed by atoms with E-state index in [1.54, 1.807) is 20.4 Å². The number of nitrogens with zero attached hydrogens (tertiary/aromatic N) is 3. The number of aromatic nitrogens is 3. The van der Waals surface area contributed by atoms with Gasteiger partial charge in [-0.15, -0.1) is 0 Å². The lowest BCUT2D eigenvalue weighted by atomic mass is 10.2. The molecule has 0 aliphatic heterocycles. The Morgan fingerprint density at radius 1 is 1.10 bits per heavy atom. The van der Waals surface area contributed by atoms with Crippen molar-refractivity contribution in [3.05, 3.63) is 48.5 Å². The van der Waals surface area contributed by atoms with E-state index in [2.05, 4.69) is 14.5 Å². The Bertz CT molecular complexity index is 737. The summed E-state index contributed by atoms with van der Waals surface area (Å²) in [5.74, 6) is 1.46. The van der Waals surface area contributed by atoms with Crippen LogP contribution < -0.4 is 9.47 Å². The first-order valence-electron chi connectivity index (χ1n) is 6.27. The molecule has 0 spiro atoms. The predicted molar refractivity (Wildman–Crippen MR) is 76.2 cm³/mol. The van der Waals surface area contributed by atoms with Crippen LogP contribution in [0.1, 0.15) is 5.56 Å². The van der Waals surface area contributed by atoms with E-state index in [9.17, 15) is 0 Å². The van der Waals surface area contributed by atoms with Gasteiger partial charge >= 0.3 is 0 Å². The maximum Gasteiger partial charge on any atom is 0.161 e. The SMILES string of the molecule is COc1ccc(Cn2cnc3ccncc32)cc1OC. The topological polar surface area (TPSA) is 49.2 Å². The summed E-state index contributed by atoms with van der Waals surface area (Å²) in [4.78, 5) is 8.50. The van der Waals surface area contributed by atoms with Crippen molar-refractivity contribution in [1.29, 1.82) is 0 Å². The standard InChI is InChI=1S/C15H15N3O2/c1-19-14-4-3-11(7-15(14)20-2)9-18-10-17-12-5-6-16-8-13(12)18/h3-8,10H,9H2,1-2H3. The van der Waals surface area contributed by atoms with Gasteiger partial charge in [0.2, 0.25) is 0 Å². The summed E-state index contributed by atoms with van der Waals surface area (Å²) in [5.41, 5.74) is 3.08. The fourth-order valence-corrected chi connectivity index (χ4v) is 2.21. The summed E-state index contributed by atoms with van der Waals surface area (Å²) in [6, 6.07) is 7.80. The van der Waals surface area contributed by atoms with Gasteiger partial charge in [0.25, 0.3) is 0 Å². The molecule has 5 heteroatoms. The average Bonchev–Trinajstić information content (AvgIpc) is 2.90. The lowest BCUT2D eigenvalue weighted by molar-refractivity contribution is 0.354. The van der Waals surface area contributed by atoms with Gasteiger partial charge in [-0.25, -0.2) is 4.98 Å². The van der Waals surface area contributed by atoms with Crippen LogP contribution in [-0.2, 0) is 6.54 Å². The third-order valence-corrected chi connectivity index (χ3v) is 3.22. The van der Waals surface area contributed by atoms with Crippen molar-refractivity contribution in [3.8, 4) is 11.5 Å². The van der Waals surface area contributed by atoms with Crippen molar-refractivity contribution >= 4 is 11.0 Å². The molecule has 0 N–H and O–H groups in total. The highest BCUT2D eigenvalue weighted by atomic mass is 16.5. The van der Waals surface area contributed by atoms with Crippen LogP contribution in [0.3, 0.4) is 0 Å². The molecule has 0 atom stereocenters. The van der Waals surface area contributed by atoms with Crippen molar-refractivity contribution < 1.29 is 9.47 Å². The van der Waals surface area contributed by atoms with E-state index in [-0.39, 0.29) is 0 Å². The van der Waals surface area contributed by atoms with E-state index in [1.807, 2.05) is 36.8 Å². The lowest BCUT2D eigenvalue weighted by Gasteiger charge is -2.10. The molecular weight excluding hydrogens is 254 g/mol. The van der Waals surface area contributed by atoms with Gasteiger partial charge in [0.1, 0.15) is 0 Å². The second kappa shape index (κ2) is 5.21. The zero-order valence-electron chi connectivity index (χ0n) is 11.4. The first-order valence-corrected chi connectivity index (χ1v) is 6.27. The Labute approximate surface area is 116 Å². The normalized spacial score (nSPS) is 10.7. The Hall–Kier alpha value is -2.56. The number of ether oxygens (including phenoxy) is 2. The molecule has 0 amide bonds. The van der Waals surface area contributed by atoms with Crippen LogP contribution >= 0.6 is 0 Å². The summed E-state index contributed by atoms with van der Waals surface area (Å²) >= 11 is 0. The largest absolute Gasteiger partial charge is 0.493 e. The maximum absolute atomic E-state index is 5.32. The quantitative estimate of drug-likeness (QED) is 0.730. The van der Waals surface area contributed by atoms with Crippen molar-refractivity contribution in [2.24, 2.45) is 0 Å². The Morgan fingerprint density at radius 2 is 1.95 bits per heavy atom. The zero-order chi connectivity index (χ0) is 13.9. The number of methoxy groups -OCH3 is 2. The van der Waals surface area contributed by atoms with Crippen molar-refractivity contribution in [1.82, 2.24) is 14.5 Å². The summed E-state index contributed by atoms with van der Waals surface area (Å²) in [6.45, 7) is 0.711. The minimum Gasteiger partial charge on any atom is -0.493 e. The number of rotatable bonds is 4. The van der Waals surface area contributed by atoms with Gasteiger partial charge in [0, 0.05) is 12.7 Å². The van der Waals surface area contributed by atoms with Gasteiger partial charge in [0.15, 0.2) is 11.5 Å². The minimum absolute atomic E-state index is 0.711. The maximum atomic E-state index is 5.32. The van der Waals surface area contributed by atoms with Gasteiger partial charge in [-0.1, -0.05) is 6.07 Å². The molecule has 102 valence electrons. The number of hydrogen-bond acceptors (Lipinski definition) is 4. The summed E-state index contributed by atoms with van der Waals surface area (Å²) in [5, 5.41) is 0. The first-order chi connectivity index (χ1) is 9.81. The number of pyridine rings is 1. The van der Waals surface area contributed by atoms with E-state index < -0.39 is 0 Å². The van der Waals surface area contributed by atoms with Gasteiger partial charge < -0.3 is 14.0 Å². The third kappa shape index (κ3) is 2.18. The Balaban J connectivity index is 1.95. The summed E-state index contributed by atoms with van der Waals surface area (Å²) in [6.07, 6.45) is 5.39. The molecule has 3 rings (SSSR count). The van der Waals surface area contributed by atoms with Gasteiger partial charge in [-0.05, 0) is 23.8 Å². The van der Waals surface area contributed by atoms with Crippen molar-refractivity contribution in [3.63, 3.8) is 0 Å².